The van der Waals surface area contributed by atoms with Crippen LogP contribution >= 0.6 is 0 Å². The standard InChI is InChI=1S/C13H12N8O4/c1-9(17-19-13-5-3-11(8-15-13)21(24)25)6-16-18-12-4-2-10(7-14-12)20(22)23/h2-8H,1H3,(H,14,18)(H,15,19). The van der Waals surface area contributed by atoms with Crippen molar-refractivity contribution in [1.29, 1.82) is 0 Å². The smallest absolute Gasteiger partial charge is 0.261 e. The molecule has 2 aromatic rings. The molecule has 0 saturated heterocycles. The first-order valence-electron chi connectivity index (χ1n) is 6.76. The van der Waals surface area contributed by atoms with E-state index in [2.05, 4.69) is 31.0 Å². The lowest BCUT2D eigenvalue weighted by atomic mass is 10.4. The highest BCUT2D eigenvalue weighted by Gasteiger charge is 2.05. The van der Waals surface area contributed by atoms with E-state index in [4.69, 9.17) is 0 Å². The van der Waals surface area contributed by atoms with Crippen LogP contribution in [0.4, 0.5) is 23.0 Å². The molecule has 0 spiro atoms. The van der Waals surface area contributed by atoms with Gasteiger partial charge in [-0.1, -0.05) is 0 Å². The minimum Gasteiger partial charge on any atom is -0.261 e. The van der Waals surface area contributed by atoms with Crippen molar-refractivity contribution in [2.75, 3.05) is 10.9 Å². The predicted octanol–water partition coefficient (Wildman–Crippen LogP) is 2.18. The van der Waals surface area contributed by atoms with E-state index in [1.165, 1.54) is 30.5 Å². The van der Waals surface area contributed by atoms with Gasteiger partial charge in [0.2, 0.25) is 0 Å². The quantitative estimate of drug-likeness (QED) is 0.439. The summed E-state index contributed by atoms with van der Waals surface area (Å²) in [5.41, 5.74) is 5.46. The molecule has 0 radical (unpaired) electrons. The van der Waals surface area contributed by atoms with Crippen LogP contribution in [0.15, 0.2) is 46.9 Å². The molecular formula is C13H12N8O4. The summed E-state index contributed by atoms with van der Waals surface area (Å²) >= 11 is 0. The van der Waals surface area contributed by atoms with Crippen LogP contribution in [0.1, 0.15) is 6.92 Å². The Morgan fingerprint density at radius 1 is 1.00 bits per heavy atom. The second-order valence-corrected chi connectivity index (χ2v) is 4.55. The van der Waals surface area contributed by atoms with Crippen molar-refractivity contribution in [1.82, 2.24) is 9.97 Å². The van der Waals surface area contributed by atoms with E-state index < -0.39 is 9.85 Å². The SMILES string of the molecule is CC(C=NNc1ccc([N+](=O)[O-])cn1)=NNc1ccc([N+](=O)[O-])cn1. The lowest BCUT2D eigenvalue weighted by Gasteiger charge is -2.00. The van der Waals surface area contributed by atoms with Crippen molar-refractivity contribution in [2.24, 2.45) is 10.2 Å². The number of nitrogens with one attached hydrogen (secondary N) is 2. The Kier molecular flexibility index (Phi) is 5.60. The van der Waals surface area contributed by atoms with E-state index >= 15 is 0 Å². The molecule has 0 fully saturated rings. The fourth-order valence-corrected chi connectivity index (χ4v) is 1.49. The molecule has 12 nitrogen and oxygen atoms in total. The summed E-state index contributed by atoms with van der Waals surface area (Å²) in [5.74, 6) is 0.669. The highest BCUT2D eigenvalue weighted by molar-refractivity contribution is 6.29. The first kappa shape index (κ1) is 17.4. The molecule has 2 heterocycles. The van der Waals surface area contributed by atoms with E-state index in [0.717, 1.165) is 12.4 Å². The number of hydrazone groups is 2. The highest BCUT2D eigenvalue weighted by atomic mass is 16.6. The zero-order chi connectivity index (χ0) is 18.2. The Hall–Kier alpha value is -3.96. The van der Waals surface area contributed by atoms with Crippen LogP contribution in [0.3, 0.4) is 0 Å². The Morgan fingerprint density at radius 2 is 1.52 bits per heavy atom. The second-order valence-electron chi connectivity index (χ2n) is 4.55. The Balaban J connectivity index is 1.88. The minimum absolute atomic E-state index is 0.118. The predicted molar refractivity (Wildman–Crippen MR) is 90.6 cm³/mol. The van der Waals surface area contributed by atoms with Gasteiger partial charge in [-0.15, -0.1) is 0 Å². The number of aromatic nitrogens is 2. The third-order valence-electron chi connectivity index (χ3n) is 2.69. The molecule has 2 N–H and O–H groups in total. The summed E-state index contributed by atoms with van der Waals surface area (Å²) in [6, 6.07) is 5.44. The van der Waals surface area contributed by atoms with Crippen molar-refractivity contribution >= 4 is 34.9 Å². The molecule has 0 amide bonds. The van der Waals surface area contributed by atoms with E-state index in [-0.39, 0.29) is 11.4 Å². The van der Waals surface area contributed by atoms with Crippen LogP contribution in [0.25, 0.3) is 0 Å². The molecule has 0 aliphatic carbocycles. The van der Waals surface area contributed by atoms with Gasteiger partial charge in [0.05, 0.1) is 21.8 Å². The van der Waals surface area contributed by atoms with Gasteiger partial charge in [-0.25, -0.2) is 9.97 Å². The monoisotopic (exact) mass is 344 g/mol. The number of nitro groups is 2. The molecule has 0 aliphatic rings. The largest absolute Gasteiger partial charge is 0.287 e. The van der Waals surface area contributed by atoms with Crippen LogP contribution in [0, 0.1) is 20.2 Å². The van der Waals surface area contributed by atoms with Crippen LogP contribution in [0.5, 0.6) is 0 Å². The summed E-state index contributed by atoms with van der Waals surface area (Å²) in [4.78, 5) is 27.6. The molecule has 0 bridgehead atoms. The molecule has 0 unspecified atom stereocenters. The Bertz CT molecular complexity index is 817. The molecule has 25 heavy (non-hydrogen) atoms. The van der Waals surface area contributed by atoms with Gasteiger partial charge in [0.25, 0.3) is 11.4 Å². The summed E-state index contributed by atoms with van der Waals surface area (Å²) in [5, 5.41) is 28.9. The molecular weight excluding hydrogens is 332 g/mol. The van der Waals surface area contributed by atoms with Crippen LogP contribution in [0.2, 0.25) is 0 Å². The average molecular weight is 344 g/mol. The molecule has 2 aromatic heterocycles. The zero-order valence-corrected chi connectivity index (χ0v) is 12.9. The van der Waals surface area contributed by atoms with Crippen molar-refractivity contribution in [3.8, 4) is 0 Å². The highest BCUT2D eigenvalue weighted by Crippen LogP contribution is 2.12. The molecule has 2 rings (SSSR count). The van der Waals surface area contributed by atoms with Gasteiger partial charge in [0.15, 0.2) is 0 Å². The second kappa shape index (κ2) is 8.05. The summed E-state index contributed by atoms with van der Waals surface area (Å²) in [7, 11) is 0. The number of anilines is 2. The third kappa shape index (κ3) is 5.31. The molecule has 0 aliphatic heterocycles. The maximum absolute atomic E-state index is 10.5. The number of hydrogen-bond donors (Lipinski definition) is 2. The van der Waals surface area contributed by atoms with Crippen LogP contribution < -0.4 is 10.9 Å². The lowest BCUT2D eigenvalue weighted by Crippen LogP contribution is -2.02. The molecule has 12 heteroatoms. The van der Waals surface area contributed by atoms with Crippen molar-refractivity contribution < 1.29 is 9.85 Å². The van der Waals surface area contributed by atoms with Gasteiger partial charge < -0.3 is 0 Å². The van der Waals surface area contributed by atoms with Gasteiger partial charge in [-0.3, -0.25) is 31.1 Å². The molecule has 0 saturated carbocycles. The van der Waals surface area contributed by atoms with Gasteiger partial charge in [0, 0.05) is 12.1 Å². The van der Waals surface area contributed by atoms with E-state index in [9.17, 15) is 20.2 Å². The van der Waals surface area contributed by atoms with Crippen LogP contribution in [-0.2, 0) is 0 Å². The number of pyridine rings is 2. The zero-order valence-electron chi connectivity index (χ0n) is 12.9. The number of rotatable bonds is 7. The summed E-state index contributed by atoms with van der Waals surface area (Å²) < 4.78 is 0. The normalized spacial score (nSPS) is 11.3. The average Bonchev–Trinajstić information content (AvgIpc) is 2.60. The van der Waals surface area contributed by atoms with E-state index in [0.29, 0.717) is 17.3 Å². The van der Waals surface area contributed by atoms with Crippen molar-refractivity contribution in [3.63, 3.8) is 0 Å². The fourth-order valence-electron chi connectivity index (χ4n) is 1.49. The summed E-state index contributed by atoms with van der Waals surface area (Å²) in [6.45, 7) is 1.66. The van der Waals surface area contributed by atoms with Crippen molar-refractivity contribution in [2.45, 2.75) is 6.92 Å². The fraction of sp³-hybridized carbons (Fsp3) is 0.0769. The van der Waals surface area contributed by atoms with Gasteiger partial charge in [-0.2, -0.15) is 10.2 Å². The Morgan fingerprint density at radius 3 is 1.96 bits per heavy atom. The van der Waals surface area contributed by atoms with E-state index in [1.807, 2.05) is 0 Å². The van der Waals surface area contributed by atoms with Crippen LogP contribution in [-0.4, -0.2) is 31.7 Å². The summed E-state index contributed by atoms with van der Waals surface area (Å²) in [6.07, 6.45) is 3.62. The van der Waals surface area contributed by atoms with Crippen molar-refractivity contribution in [3.05, 3.63) is 56.9 Å². The molecule has 0 aromatic carbocycles. The van der Waals surface area contributed by atoms with Gasteiger partial charge in [0.1, 0.15) is 24.0 Å². The molecule has 0 atom stereocenters. The Labute approximate surface area is 140 Å². The first-order chi connectivity index (χ1) is 12.0. The number of hydrogen-bond acceptors (Lipinski definition) is 10. The maximum Gasteiger partial charge on any atom is 0.287 e. The van der Waals surface area contributed by atoms with E-state index in [1.54, 1.807) is 6.92 Å². The maximum atomic E-state index is 10.5. The third-order valence-corrected chi connectivity index (χ3v) is 2.69. The van der Waals surface area contributed by atoms with Gasteiger partial charge >= 0.3 is 0 Å². The molecule has 128 valence electrons. The first-order valence-corrected chi connectivity index (χ1v) is 6.76. The lowest BCUT2D eigenvalue weighted by molar-refractivity contribution is -0.385. The topological polar surface area (TPSA) is 161 Å². The minimum atomic E-state index is -0.547. The number of nitrogens with zero attached hydrogens (tertiary/aromatic N) is 6. The van der Waals surface area contributed by atoms with Gasteiger partial charge in [-0.05, 0) is 19.1 Å².